The number of aromatic nitrogens is 5. The van der Waals surface area contributed by atoms with Gasteiger partial charge >= 0.3 is 0 Å². The van der Waals surface area contributed by atoms with Crippen molar-refractivity contribution >= 4 is 33.1 Å². The normalized spacial score (nSPS) is 11.7. The lowest BCUT2D eigenvalue weighted by Crippen LogP contribution is -2.14. The second-order valence-electron chi connectivity index (χ2n) is 7.38. The summed E-state index contributed by atoms with van der Waals surface area (Å²) in [6.07, 6.45) is 2.66. The van der Waals surface area contributed by atoms with Crippen molar-refractivity contribution in [2.75, 3.05) is 23.5 Å². The third-order valence-corrected chi connectivity index (χ3v) is 5.99. The second kappa shape index (κ2) is 7.71. The highest BCUT2D eigenvalue weighted by molar-refractivity contribution is 7.90. The molecule has 0 spiro atoms. The zero-order valence-corrected chi connectivity index (χ0v) is 18.5. The van der Waals surface area contributed by atoms with Crippen molar-refractivity contribution in [3.63, 3.8) is 0 Å². The minimum absolute atomic E-state index is 0.0201. The summed E-state index contributed by atoms with van der Waals surface area (Å²) >= 11 is 0. The van der Waals surface area contributed by atoms with Crippen LogP contribution in [0, 0.1) is 19.7 Å². The van der Waals surface area contributed by atoms with Gasteiger partial charge in [0.2, 0.25) is 11.8 Å². The molecule has 0 amide bonds. The van der Waals surface area contributed by atoms with Gasteiger partial charge in [-0.15, -0.1) is 10.2 Å². The predicted octanol–water partition coefficient (Wildman–Crippen LogP) is 3.08. The van der Waals surface area contributed by atoms with Crippen molar-refractivity contribution < 1.29 is 18.0 Å². The van der Waals surface area contributed by atoms with Gasteiger partial charge in [0.05, 0.1) is 16.2 Å². The summed E-state index contributed by atoms with van der Waals surface area (Å²) in [6, 6.07) is 7.74. The van der Waals surface area contributed by atoms with E-state index in [0.717, 1.165) is 11.8 Å². The van der Waals surface area contributed by atoms with Crippen LogP contribution in [0.1, 0.15) is 11.3 Å². The second-order valence-corrected chi connectivity index (χ2v) is 9.40. The summed E-state index contributed by atoms with van der Waals surface area (Å²) in [5, 5.41) is 21.1. The summed E-state index contributed by atoms with van der Waals surface area (Å²) in [4.78, 5) is 10.4. The van der Waals surface area contributed by atoms with E-state index in [1.165, 1.54) is 25.3 Å². The van der Waals surface area contributed by atoms with E-state index < -0.39 is 15.7 Å². The molecule has 32 heavy (non-hydrogen) atoms. The lowest BCUT2D eigenvalue weighted by molar-refractivity contribution is 0.175. The maximum atomic E-state index is 14.2. The predicted molar refractivity (Wildman–Crippen MR) is 116 cm³/mol. The average Bonchev–Trinajstić information content (AvgIpc) is 3.14. The number of sulfone groups is 1. The van der Waals surface area contributed by atoms with Crippen molar-refractivity contribution in [3.05, 3.63) is 53.6 Å². The molecule has 1 aromatic heterocycles. The number of nitrogens with zero attached hydrogens (tertiary/aromatic N) is 6. The first kappa shape index (κ1) is 21.4. The molecule has 0 unspecified atom stereocenters. The molecule has 0 bridgehead atoms. The van der Waals surface area contributed by atoms with E-state index in [1.807, 2.05) is 0 Å². The molecule has 3 heterocycles. The number of aryl methyl sites for hydroxylation is 1. The van der Waals surface area contributed by atoms with Crippen LogP contribution in [0.4, 0.5) is 27.7 Å². The molecule has 10 nitrogen and oxygen atoms in total. The topological polar surface area (TPSA) is 126 Å². The third kappa shape index (κ3) is 3.91. The van der Waals surface area contributed by atoms with Crippen molar-refractivity contribution in [2.45, 2.75) is 18.7 Å². The van der Waals surface area contributed by atoms with Crippen molar-refractivity contribution in [3.8, 4) is 11.4 Å². The van der Waals surface area contributed by atoms with Gasteiger partial charge in [-0.2, -0.15) is 9.71 Å². The molecule has 0 fully saturated rings. The smallest absolute Gasteiger partial charge is 0.229 e. The van der Waals surface area contributed by atoms with Crippen LogP contribution in [0.15, 0.2) is 41.4 Å². The highest BCUT2D eigenvalue weighted by atomic mass is 32.2. The summed E-state index contributed by atoms with van der Waals surface area (Å²) < 4.78 is 38.6. The highest BCUT2D eigenvalue weighted by Crippen LogP contribution is 2.34. The molecular formula is C20H20FN7O3S. The van der Waals surface area contributed by atoms with Gasteiger partial charge in [0.1, 0.15) is 11.6 Å². The number of halogens is 1. The number of benzene rings is 1. The molecule has 2 aliphatic rings. The van der Waals surface area contributed by atoms with E-state index in [-0.39, 0.29) is 22.4 Å². The number of anilines is 4. The van der Waals surface area contributed by atoms with Gasteiger partial charge in [-0.05, 0) is 49.7 Å². The SMILES string of the molecule is Cc1cc(Nc2nccc(N(C)c3nnc4n(O)c(C)c(F)cc3-4)n2)cc(S(C)(=O)=O)c1. The van der Waals surface area contributed by atoms with E-state index in [4.69, 9.17) is 0 Å². The van der Waals surface area contributed by atoms with Crippen LogP contribution in [0.3, 0.4) is 0 Å². The molecule has 2 aromatic rings. The molecule has 12 heteroatoms. The summed E-state index contributed by atoms with van der Waals surface area (Å²) in [7, 11) is -1.71. The molecule has 1 aromatic carbocycles. The molecule has 2 N–H and O–H groups in total. The zero-order chi connectivity index (χ0) is 23.2. The maximum Gasteiger partial charge on any atom is 0.229 e. The molecule has 0 aliphatic carbocycles. The average molecular weight is 457 g/mol. The molecule has 166 valence electrons. The molecule has 0 saturated heterocycles. The monoisotopic (exact) mass is 457 g/mol. The fourth-order valence-corrected chi connectivity index (χ4v) is 3.94. The van der Waals surface area contributed by atoms with E-state index in [0.29, 0.717) is 27.6 Å². The molecule has 0 atom stereocenters. The van der Waals surface area contributed by atoms with Gasteiger partial charge in [-0.25, -0.2) is 17.8 Å². The zero-order valence-electron chi connectivity index (χ0n) is 17.7. The van der Waals surface area contributed by atoms with Crippen LogP contribution in [0.25, 0.3) is 11.4 Å². The van der Waals surface area contributed by atoms with Gasteiger partial charge in [0, 0.05) is 25.2 Å². The number of hydrogen-bond donors (Lipinski definition) is 2. The largest absolute Gasteiger partial charge is 0.426 e. The molecule has 4 rings (SSSR count). The van der Waals surface area contributed by atoms with Crippen molar-refractivity contribution in [1.29, 1.82) is 0 Å². The fraction of sp³-hybridized carbons (Fsp3) is 0.200. The van der Waals surface area contributed by atoms with E-state index in [2.05, 4.69) is 25.5 Å². The molecule has 2 aliphatic heterocycles. The van der Waals surface area contributed by atoms with Crippen LogP contribution >= 0.6 is 0 Å². The van der Waals surface area contributed by atoms with E-state index >= 15 is 0 Å². The minimum Gasteiger partial charge on any atom is -0.426 e. The Hall–Kier alpha value is -3.80. The Bertz CT molecular complexity index is 1400. The highest BCUT2D eigenvalue weighted by Gasteiger charge is 2.24. The third-order valence-electron chi connectivity index (χ3n) is 4.89. The Kier molecular flexibility index (Phi) is 5.17. The van der Waals surface area contributed by atoms with E-state index in [9.17, 15) is 18.0 Å². The summed E-state index contributed by atoms with van der Waals surface area (Å²) in [5.74, 6) is 0.455. The number of hydrogen-bond acceptors (Lipinski definition) is 9. The van der Waals surface area contributed by atoms with Crippen LogP contribution in [-0.4, -0.2) is 51.8 Å². The number of rotatable bonds is 5. The Morgan fingerprint density at radius 1 is 1.16 bits per heavy atom. The van der Waals surface area contributed by atoms with Gasteiger partial charge < -0.3 is 15.4 Å². The van der Waals surface area contributed by atoms with Crippen LogP contribution in [0.5, 0.6) is 0 Å². The quantitative estimate of drug-likeness (QED) is 0.435. The first-order chi connectivity index (χ1) is 15.0. The number of pyridine rings is 1. The van der Waals surface area contributed by atoms with Gasteiger partial charge in [-0.1, -0.05) is 0 Å². The van der Waals surface area contributed by atoms with Crippen LogP contribution < -0.4 is 10.2 Å². The first-order valence-electron chi connectivity index (χ1n) is 9.43. The van der Waals surface area contributed by atoms with Crippen molar-refractivity contribution in [1.82, 2.24) is 24.9 Å². The fourth-order valence-electron chi connectivity index (χ4n) is 3.19. The van der Waals surface area contributed by atoms with Crippen LogP contribution in [-0.2, 0) is 9.84 Å². The van der Waals surface area contributed by atoms with E-state index in [1.54, 1.807) is 37.1 Å². The number of nitrogens with one attached hydrogen (secondary N) is 1. The van der Waals surface area contributed by atoms with Gasteiger partial charge in [-0.3, -0.25) is 0 Å². The Labute approximate surface area is 183 Å². The van der Waals surface area contributed by atoms with Crippen molar-refractivity contribution in [2.24, 2.45) is 0 Å². The lowest BCUT2D eigenvalue weighted by Gasteiger charge is -2.18. The molecular weight excluding hydrogens is 437 g/mol. The molecule has 0 radical (unpaired) electrons. The van der Waals surface area contributed by atoms with Gasteiger partial charge in [0.15, 0.2) is 15.7 Å². The Morgan fingerprint density at radius 3 is 2.62 bits per heavy atom. The first-order valence-corrected chi connectivity index (χ1v) is 11.3. The molecule has 0 saturated carbocycles. The Morgan fingerprint density at radius 2 is 1.91 bits per heavy atom. The summed E-state index contributed by atoms with van der Waals surface area (Å²) in [6.45, 7) is 3.22. The lowest BCUT2D eigenvalue weighted by atomic mass is 10.2. The Balaban J connectivity index is 1.67. The minimum atomic E-state index is -3.38. The maximum absolute atomic E-state index is 14.2. The van der Waals surface area contributed by atoms with Gasteiger partial charge in [0.25, 0.3) is 0 Å². The van der Waals surface area contributed by atoms with Crippen LogP contribution in [0.2, 0.25) is 0 Å². The standard InChI is InChI=1S/C20H20FN7O3S/c1-11-7-13(9-14(8-11)32(4,30)31)23-20-22-6-5-17(24-20)27(3)18-15-10-16(21)12(2)28(29)19(15)26-25-18/h5-10,29H,1-4H3,(H,22,23,24). The summed E-state index contributed by atoms with van der Waals surface area (Å²) in [5.41, 5.74) is 1.61. The number of fused-ring (bicyclic) bond motifs is 1.